The monoisotopic (exact) mass is 452 g/mol. The van der Waals surface area contributed by atoms with Gasteiger partial charge < -0.3 is 20.1 Å². The molecule has 0 aliphatic carbocycles. The summed E-state index contributed by atoms with van der Waals surface area (Å²) < 4.78 is 12.6. The molecule has 1 saturated heterocycles. The Bertz CT molecular complexity index is 700. The van der Waals surface area contributed by atoms with Crippen molar-refractivity contribution in [3.63, 3.8) is 0 Å². The van der Waals surface area contributed by atoms with Gasteiger partial charge in [-0.3, -0.25) is 4.79 Å². The summed E-state index contributed by atoms with van der Waals surface area (Å²) in [6.07, 6.45) is 2.25. The Hall–Kier alpha value is -1.80. The fourth-order valence-corrected chi connectivity index (χ4v) is 2.96. The molecule has 0 aromatic heterocycles. The van der Waals surface area contributed by atoms with Gasteiger partial charge in [-0.1, -0.05) is 12.1 Å². The highest BCUT2D eigenvalue weighted by atomic mass is 127. The number of para-hydroxylation sites is 2. The molecule has 3 rings (SSSR count). The minimum Gasteiger partial charge on any atom is -0.489 e. The van der Waals surface area contributed by atoms with Crippen molar-refractivity contribution in [1.82, 2.24) is 0 Å². The summed E-state index contributed by atoms with van der Waals surface area (Å²) in [5.41, 5.74) is 1.59. The van der Waals surface area contributed by atoms with Gasteiger partial charge in [0, 0.05) is 15.9 Å². The van der Waals surface area contributed by atoms with Gasteiger partial charge in [0.2, 0.25) is 5.91 Å². The van der Waals surface area contributed by atoms with Crippen LogP contribution in [-0.4, -0.2) is 31.8 Å². The Labute approximate surface area is 161 Å². The second kappa shape index (κ2) is 9.05. The van der Waals surface area contributed by atoms with Crippen LogP contribution in [0.15, 0.2) is 48.5 Å². The third kappa shape index (κ3) is 5.61. The highest BCUT2D eigenvalue weighted by Gasteiger charge is 2.17. The van der Waals surface area contributed by atoms with Crippen LogP contribution in [0.5, 0.6) is 5.75 Å². The Morgan fingerprint density at radius 2 is 2.00 bits per heavy atom. The minimum atomic E-state index is -0.119. The lowest BCUT2D eigenvalue weighted by Crippen LogP contribution is -2.22. The molecule has 6 heteroatoms. The van der Waals surface area contributed by atoms with E-state index in [9.17, 15) is 4.79 Å². The molecule has 1 aliphatic rings. The van der Waals surface area contributed by atoms with Crippen LogP contribution in [0.1, 0.15) is 12.8 Å². The summed E-state index contributed by atoms with van der Waals surface area (Å²) in [6, 6.07) is 15.4. The topological polar surface area (TPSA) is 59.6 Å². The molecule has 25 heavy (non-hydrogen) atoms. The molecule has 1 aliphatic heterocycles. The van der Waals surface area contributed by atoms with E-state index in [0.717, 1.165) is 28.7 Å². The number of benzene rings is 2. The number of halogens is 1. The lowest BCUT2D eigenvalue weighted by atomic mass is 10.2. The number of hydrogen-bond donors (Lipinski definition) is 2. The first-order valence-corrected chi connectivity index (χ1v) is 9.41. The van der Waals surface area contributed by atoms with Gasteiger partial charge in [-0.15, -0.1) is 0 Å². The van der Waals surface area contributed by atoms with Gasteiger partial charge in [0.25, 0.3) is 0 Å². The number of ether oxygens (including phenoxy) is 2. The second-order valence-corrected chi connectivity index (χ2v) is 7.10. The summed E-state index contributed by atoms with van der Waals surface area (Å²) >= 11 is 2.25. The number of hydrogen-bond acceptors (Lipinski definition) is 4. The first-order chi connectivity index (χ1) is 12.2. The van der Waals surface area contributed by atoms with Crippen LogP contribution in [0.2, 0.25) is 0 Å². The maximum Gasteiger partial charge on any atom is 0.243 e. The lowest BCUT2D eigenvalue weighted by molar-refractivity contribution is -0.114. The molecule has 132 valence electrons. The highest BCUT2D eigenvalue weighted by Crippen LogP contribution is 2.25. The Balaban J connectivity index is 1.52. The zero-order valence-corrected chi connectivity index (χ0v) is 16.0. The zero-order chi connectivity index (χ0) is 17.5. The molecule has 1 fully saturated rings. The lowest BCUT2D eigenvalue weighted by Gasteiger charge is -2.15. The van der Waals surface area contributed by atoms with Crippen molar-refractivity contribution in [3.8, 4) is 5.75 Å². The molecule has 0 saturated carbocycles. The third-order valence-electron chi connectivity index (χ3n) is 3.91. The smallest absolute Gasteiger partial charge is 0.243 e. The number of carbonyl (C=O) groups is 1. The highest BCUT2D eigenvalue weighted by molar-refractivity contribution is 14.1. The quantitative estimate of drug-likeness (QED) is 0.626. The van der Waals surface area contributed by atoms with Crippen molar-refractivity contribution in [1.29, 1.82) is 0 Å². The molecule has 0 radical (unpaired) electrons. The molecule has 1 atom stereocenters. The fourth-order valence-electron chi connectivity index (χ4n) is 2.60. The van der Waals surface area contributed by atoms with Crippen LogP contribution >= 0.6 is 22.6 Å². The maximum absolute atomic E-state index is 12.2. The van der Waals surface area contributed by atoms with Crippen molar-refractivity contribution in [3.05, 3.63) is 52.1 Å². The van der Waals surface area contributed by atoms with Crippen molar-refractivity contribution in [2.75, 3.05) is 30.4 Å². The van der Waals surface area contributed by atoms with Crippen molar-refractivity contribution in [2.24, 2.45) is 0 Å². The summed E-state index contributed by atoms with van der Waals surface area (Å²) in [5.74, 6) is 0.548. The number of nitrogens with one attached hydrogen (secondary N) is 2. The minimum absolute atomic E-state index is 0.119. The zero-order valence-electron chi connectivity index (χ0n) is 13.8. The fraction of sp³-hybridized carbons (Fsp3) is 0.316. The van der Waals surface area contributed by atoms with Crippen LogP contribution in [0.3, 0.4) is 0 Å². The van der Waals surface area contributed by atoms with Crippen LogP contribution in [-0.2, 0) is 9.53 Å². The predicted octanol–water partition coefficient (Wildman–Crippen LogP) is 3.90. The number of amides is 1. The van der Waals surface area contributed by atoms with Crippen LogP contribution in [0.25, 0.3) is 0 Å². The average Bonchev–Trinajstić information content (AvgIpc) is 3.14. The van der Waals surface area contributed by atoms with Crippen molar-refractivity contribution in [2.45, 2.75) is 18.9 Å². The van der Waals surface area contributed by atoms with Gasteiger partial charge in [-0.05, 0) is 71.8 Å². The van der Waals surface area contributed by atoms with E-state index >= 15 is 0 Å². The molecule has 2 aromatic rings. The van der Waals surface area contributed by atoms with E-state index in [1.807, 2.05) is 48.5 Å². The van der Waals surface area contributed by atoms with E-state index in [1.165, 1.54) is 0 Å². The largest absolute Gasteiger partial charge is 0.489 e. The molecule has 5 nitrogen and oxygen atoms in total. The average molecular weight is 452 g/mol. The predicted molar refractivity (Wildman–Crippen MR) is 107 cm³/mol. The first kappa shape index (κ1) is 18.0. The van der Waals surface area contributed by atoms with Gasteiger partial charge in [0.1, 0.15) is 12.4 Å². The second-order valence-electron chi connectivity index (χ2n) is 5.85. The van der Waals surface area contributed by atoms with E-state index in [0.29, 0.717) is 18.0 Å². The summed E-state index contributed by atoms with van der Waals surface area (Å²) in [4.78, 5) is 12.2. The van der Waals surface area contributed by atoms with E-state index < -0.39 is 0 Å². The maximum atomic E-state index is 12.2. The van der Waals surface area contributed by atoms with Gasteiger partial charge >= 0.3 is 0 Å². The summed E-state index contributed by atoms with van der Waals surface area (Å²) in [5, 5.41) is 6.01. The SMILES string of the molecule is O=C(CNc1ccc(I)cc1)Nc1ccccc1OCC1CCCO1. The van der Waals surface area contributed by atoms with E-state index in [-0.39, 0.29) is 18.6 Å². The number of rotatable bonds is 7. The molecular weight excluding hydrogens is 431 g/mol. The molecule has 1 heterocycles. The molecule has 1 amide bonds. The Morgan fingerprint density at radius 1 is 1.20 bits per heavy atom. The Kier molecular flexibility index (Phi) is 6.52. The molecule has 2 N–H and O–H groups in total. The van der Waals surface area contributed by atoms with Gasteiger partial charge in [-0.2, -0.15) is 0 Å². The van der Waals surface area contributed by atoms with Gasteiger partial charge in [-0.25, -0.2) is 0 Å². The number of anilines is 2. The molecule has 1 unspecified atom stereocenters. The van der Waals surface area contributed by atoms with Gasteiger partial charge in [0.05, 0.1) is 18.3 Å². The Morgan fingerprint density at radius 3 is 2.76 bits per heavy atom. The number of carbonyl (C=O) groups excluding carboxylic acids is 1. The van der Waals surface area contributed by atoms with E-state index in [4.69, 9.17) is 9.47 Å². The van der Waals surface area contributed by atoms with Crippen LogP contribution < -0.4 is 15.4 Å². The standard InChI is InChI=1S/C19H21IN2O3/c20-14-7-9-15(10-8-14)21-12-19(23)22-17-5-1-2-6-18(17)25-13-16-4-3-11-24-16/h1-2,5-10,16,21H,3-4,11-13H2,(H,22,23). The molecular formula is C19H21IN2O3. The van der Waals surface area contributed by atoms with Crippen LogP contribution in [0, 0.1) is 3.57 Å². The summed E-state index contributed by atoms with van der Waals surface area (Å²) in [6.45, 7) is 1.51. The third-order valence-corrected chi connectivity index (χ3v) is 4.63. The van der Waals surface area contributed by atoms with Gasteiger partial charge in [0.15, 0.2) is 0 Å². The van der Waals surface area contributed by atoms with Crippen molar-refractivity contribution >= 4 is 39.9 Å². The molecule has 2 aromatic carbocycles. The van der Waals surface area contributed by atoms with Crippen molar-refractivity contribution < 1.29 is 14.3 Å². The normalized spacial score (nSPS) is 16.4. The van der Waals surface area contributed by atoms with E-state index in [2.05, 4.69) is 33.2 Å². The van der Waals surface area contributed by atoms with Crippen LogP contribution in [0.4, 0.5) is 11.4 Å². The molecule has 0 spiro atoms. The first-order valence-electron chi connectivity index (χ1n) is 8.33. The summed E-state index contributed by atoms with van der Waals surface area (Å²) in [7, 11) is 0. The van der Waals surface area contributed by atoms with E-state index in [1.54, 1.807) is 0 Å². The molecule has 0 bridgehead atoms.